The molecule has 0 aliphatic carbocycles. The fourth-order valence-electron chi connectivity index (χ4n) is 1.83. The van der Waals surface area contributed by atoms with Crippen molar-refractivity contribution in [3.05, 3.63) is 0 Å². The second-order valence-corrected chi connectivity index (χ2v) is 6.31. The van der Waals surface area contributed by atoms with E-state index in [1.807, 2.05) is 13.8 Å². The van der Waals surface area contributed by atoms with E-state index < -0.39 is 29.5 Å². The smallest absolute Gasteiger partial charge is 0.330 e. The number of esters is 1. The average molecular weight is 315 g/mol. The monoisotopic (exact) mass is 315 g/mol. The van der Waals surface area contributed by atoms with Crippen molar-refractivity contribution in [2.24, 2.45) is 5.92 Å². The topological polar surface area (TPSA) is 96.5 Å². The van der Waals surface area contributed by atoms with E-state index in [4.69, 9.17) is 0 Å². The predicted octanol–water partition coefficient (Wildman–Crippen LogP) is 0.193. The molecule has 0 radical (unpaired) electrons. The minimum atomic E-state index is -1.15. The maximum atomic E-state index is 12.4. The van der Waals surface area contributed by atoms with Crippen LogP contribution in [0, 0.1) is 5.92 Å². The molecule has 3 N–H and O–H groups in total. The number of nitrogens with one attached hydrogen (secondary N) is 3. The van der Waals surface area contributed by atoms with Gasteiger partial charge in [0.2, 0.25) is 11.8 Å². The van der Waals surface area contributed by atoms with Gasteiger partial charge in [0.05, 0.1) is 13.2 Å². The first-order chi connectivity index (χ1) is 10.0. The van der Waals surface area contributed by atoms with Gasteiger partial charge in [-0.3, -0.25) is 9.59 Å². The summed E-state index contributed by atoms with van der Waals surface area (Å²) in [6, 6.07) is -1.11. The first-order valence-electron chi connectivity index (χ1n) is 7.43. The van der Waals surface area contributed by atoms with Gasteiger partial charge < -0.3 is 20.7 Å². The van der Waals surface area contributed by atoms with Gasteiger partial charge >= 0.3 is 5.97 Å². The van der Waals surface area contributed by atoms with E-state index in [1.54, 1.807) is 27.8 Å². The number of amides is 2. The Bertz CT molecular complexity index is 408. The second-order valence-electron chi connectivity index (χ2n) is 6.31. The average Bonchev–Trinajstić information content (AvgIpc) is 2.43. The summed E-state index contributed by atoms with van der Waals surface area (Å²) in [7, 11) is 2.93. The first-order valence-corrected chi connectivity index (χ1v) is 7.43. The first kappa shape index (κ1) is 20.4. The fourth-order valence-corrected chi connectivity index (χ4v) is 1.83. The van der Waals surface area contributed by atoms with Gasteiger partial charge in [0.1, 0.15) is 11.6 Å². The lowest BCUT2D eigenvalue weighted by Gasteiger charge is -2.28. The molecular weight excluding hydrogens is 286 g/mol. The summed E-state index contributed by atoms with van der Waals surface area (Å²) in [5, 5.41) is 8.16. The summed E-state index contributed by atoms with van der Waals surface area (Å²) in [4.78, 5) is 36.0. The molecule has 2 amide bonds. The molecule has 0 bridgehead atoms. The normalized spacial score (nSPS) is 14.2. The molecule has 0 saturated carbocycles. The van der Waals surface area contributed by atoms with Crippen LogP contribution in [0.25, 0.3) is 0 Å². The lowest BCUT2D eigenvalue weighted by atomic mass is 10.00. The van der Waals surface area contributed by atoms with Crippen LogP contribution in [0.5, 0.6) is 0 Å². The van der Waals surface area contributed by atoms with Gasteiger partial charge in [0.25, 0.3) is 0 Å². The lowest BCUT2D eigenvalue weighted by molar-refractivity contribution is -0.149. The Balaban J connectivity index is 4.99. The SMILES string of the molecule is CNC(C)C(=O)NC(CC(C)C)C(=O)NC(C)(C)C(=O)OC. The minimum Gasteiger partial charge on any atom is -0.467 e. The molecule has 0 saturated heterocycles. The number of methoxy groups -OCH3 is 1. The number of carbonyl (C=O) groups excluding carboxylic acids is 3. The molecule has 2 atom stereocenters. The highest BCUT2D eigenvalue weighted by atomic mass is 16.5. The molecular formula is C15H29N3O4. The molecule has 0 heterocycles. The molecule has 0 aromatic heterocycles. The summed E-state index contributed by atoms with van der Waals surface area (Å²) >= 11 is 0. The third-order valence-electron chi connectivity index (χ3n) is 3.30. The Morgan fingerprint density at radius 2 is 1.64 bits per heavy atom. The van der Waals surface area contributed by atoms with Crippen molar-refractivity contribution in [3.63, 3.8) is 0 Å². The molecule has 0 aromatic carbocycles. The molecule has 7 heteroatoms. The Hall–Kier alpha value is -1.63. The summed E-state index contributed by atoms with van der Waals surface area (Å²) in [6.45, 7) is 8.74. The van der Waals surface area contributed by atoms with Crippen LogP contribution in [0.1, 0.15) is 41.0 Å². The number of rotatable bonds is 8. The van der Waals surface area contributed by atoms with Crippen molar-refractivity contribution in [1.82, 2.24) is 16.0 Å². The Labute approximate surface area is 132 Å². The maximum absolute atomic E-state index is 12.4. The molecule has 128 valence electrons. The van der Waals surface area contributed by atoms with E-state index in [1.165, 1.54) is 7.11 Å². The Morgan fingerprint density at radius 3 is 2.05 bits per heavy atom. The molecule has 0 rings (SSSR count). The van der Waals surface area contributed by atoms with Gasteiger partial charge in [-0.25, -0.2) is 4.79 Å². The van der Waals surface area contributed by atoms with Crippen molar-refractivity contribution in [2.45, 2.75) is 58.7 Å². The molecule has 0 aliphatic rings. The molecule has 0 fully saturated rings. The van der Waals surface area contributed by atoms with Gasteiger partial charge in [-0.15, -0.1) is 0 Å². The maximum Gasteiger partial charge on any atom is 0.330 e. The van der Waals surface area contributed by atoms with Crippen LogP contribution in [0.15, 0.2) is 0 Å². The highest BCUT2D eigenvalue weighted by molar-refractivity contribution is 5.93. The van der Waals surface area contributed by atoms with Crippen LogP contribution in [0.2, 0.25) is 0 Å². The summed E-state index contributed by atoms with van der Waals surface area (Å²) in [5.74, 6) is -0.999. The summed E-state index contributed by atoms with van der Waals surface area (Å²) in [6.07, 6.45) is 0.477. The second kappa shape index (κ2) is 8.73. The molecule has 22 heavy (non-hydrogen) atoms. The van der Waals surface area contributed by atoms with Gasteiger partial charge in [-0.2, -0.15) is 0 Å². The zero-order valence-electron chi connectivity index (χ0n) is 14.6. The largest absolute Gasteiger partial charge is 0.467 e. The van der Waals surface area contributed by atoms with Crippen molar-refractivity contribution in [3.8, 4) is 0 Å². The van der Waals surface area contributed by atoms with Gasteiger partial charge in [0.15, 0.2) is 0 Å². The van der Waals surface area contributed by atoms with Crippen molar-refractivity contribution in [1.29, 1.82) is 0 Å². The minimum absolute atomic E-state index is 0.210. The fraction of sp³-hybridized carbons (Fsp3) is 0.800. The van der Waals surface area contributed by atoms with Crippen molar-refractivity contribution in [2.75, 3.05) is 14.2 Å². The van der Waals surface area contributed by atoms with Crippen LogP contribution >= 0.6 is 0 Å². The molecule has 7 nitrogen and oxygen atoms in total. The van der Waals surface area contributed by atoms with Gasteiger partial charge in [0, 0.05) is 0 Å². The molecule has 0 aromatic rings. The third-order valence-corrected chi connectivity index (χ3v) is 3.30. The van der Waals surface area contributed by atoms with Crippen LogP contribution in [-0.2, 0) is 19.1 Å². The van der Waals surface area contributed by atoms with Crippen LogP contribution < -0.4 is 16.0 Å². The summed E-state index contributed by atoms with van der Waals surface area (Å²) in [5.41, 5.74) is -1.15. The number of hydrogen-bond donors (Lipinski definition) is 3. The third kappa shape index (κ3) is 6.43. The zero-order chi connectivity index (χ0) is 17.5. The van der Waals surface area contributed by atoms with Gasteiger partial charge in [-0.1, -0.05) is 13.8 Å². The number of likely N-dealkylation sites (N-methyl/N-ethyl adjacent to an activating group) is 1. The van der Waals surface area contributed by atoms with E-state index in [0.717, 1.165) is 0 Å². The molecule has 2 unspecified atom stereocenters. The van der Waals surface area contributed by atoms with Crippen LogP contribution in [0.3, 0.4) is 0 Å². The van der Waals surface area contributed by atoms with Crippen LogP contribution in [0.4, 0.5) is 0 Å². The lowest BCUT2D eigenvalue weighted by Crippen LogP contribution is -2.58. The van der Waals surface area contributed by atoms with E-state index >= 15 is 0 Å². The molecule has 0 aliphatic heterocycles. The van der Waals surface area contributed by atoms with E-state index in [9.17, 15) is 14.4 Å². The van der Waals surface area contributed by atoms with Crippen molar-refractivity contribution < 1.29 is 19.1 Å². The van der Waals surface area contributed by atoms with Crippen LogP contribution in [-0.4, -0.2) is 49.6 Å². The predicted molar refractivity (Wildman–Crippen MR) is 84.1 cm³/mol. The number of ether oxygens (including phenoxy) is 1. The number of carbonyl (C=O) groups is 3. The van der Waals surface area contributed by atoms with E-state index in [2.05, 4.69) is 20.7 Å². The van der Waals surface area contributed by atoms with E-state index in [0.29, 0.717) is 6.42 Å². The van der Waals surface area contributed by atoms with Gasteiger partial charge in [-0.05, 0) is 40.2 Å². The standard InChI is InChI=1S/C15H29N3O4/c1-9(2)8-11(17-12(19)10(3)16-6)13(20)18-15(4,5)14(21)22-7/h9-11,16H,8H2,1-7H3,(H,17,19)(H,18,20). The molecule has 0 spiro atoms. The Kier molecular flexibility index (Phi) is 8.08. The highest BCUT2D eigenvalue weighted by Gasteiger charge is 2.34. The number of hydrogen-bond acceptors (Lipinski definition) is 5. The summed E-state index contributed by atoms with van der Waals surface area (Å²) < 4.78 is 4.66. The Morgan fingerprint density at radius 1 is 1.09 bits per heavy atom. The zero-order valence-corrected chi connectivity index (χ0v) is 14.6. The highest BCUT2D eigenvalue weighted by Crippen LogP contribution is 2.09. The van der Waals surface area contributed by atoms with E-state index in [-0.39, 0.29) is 11.8 Å². The quantitative estimate of drug-likeness (QED) is 0.556. The van der Waals surface area contributed by atoms with Crippen molar-refractivity contribution >= 4 is 17.8 Å².